The second kappa shape index (κ2) is 9.83. The SMILES string of the molecule is CCOC(=O)NC(=O)COC(=O)c1ccc(COc2ccccc2)cc1. The number of hydrogen-bond donors (Lipinski definition) is 1. The third-order valence-electron chi connectivity index (χ3n) is 3.19. The summed E-state index contributed by atoms with van der Waals surface area (Å²) in [6.45, 7) is 1.54. The van der Waals surface area contributed by atoms with Crippen molar-refractivity contribution in [3.05, 3.63) is 65.7 Å². The van der Waals surface area contributed by atoms with Crippen LogP contribution in [0.2, 0.25) is 0 Å². The minimum atomic E-state index is -0.878. The van der Waals surface area contributed by atoms with Gasteiger partial charge in [-0.2, -0.15) is 0 Å². The largest absolute Gasteiger partial charge is 0.489 e. The molecule has 1 N–H and O–H groups in total. The van der Waals surface area contributed by atoms with Crippen LogP contribution in [-0.2, 0) is 20.9 Å². The lowest BCUT2D eigenvalue weighted by atomic mass is 10.1. The quantitative estimate of drug-likeness (QED) is 0.766. The van der Waals surface area contributed by atoms with E-state index >= 15 is 0 Å². The van der Waals surface area contributed by atoms with Gasteiger partial charge in [0.15, 0.2) is 6.61 Å². The lowest BCUT2D eigenvalue weighted by Gasteiger charge is -2.08. The van der Waals surface area contributed by atoms with Crippen LogP contribution in [0.25, 0.3) is 0 Å². The van der Waals surface area contributed by atoms with Crippen molar-refractivity contribution in [3.63, 3.8) is 0 Å². The molecule has 26 heavy (non-hydrogen) atoms. The highest BCUT2D eigenvalue weighted by molar-refractivity contribution is 5.95. The number of carbonyl (C=O) groups is 3. The highest BCUT2D eigenvalue weighted by atomic mass is 16.6. The molecule has 0 aromatic heterocycles. The molecule has 2 rings (SSSR count). The summed E-state index contributed by atoms with van der Waals surface area (Å²) >= 11 is 0. The summed E-state index contributed by atoms with van der Waals surface area (Å²) in [5, 5.41) is 1.94. The molecule has 2 amide bonds. The minimum absolute atomic E-state index is 0.138. The third-order valence-corrected chi connectivity index (χ3v) is 3.19. The van der Waals surface area contributed by atoms with Gasteiger partial charge in [-0.05, 0) is 36.8 Å². The zero-order chi connectivity index (χ0) is 18.8. The molecule has 136 valence electrons. The number of alkyl carbamates (subject to hydrolysis) is 1. The van der Waals surface area contributed by atoms with Crippen LogP contribution in [0.4, 0.5) is 4.79 Å². The molecule has 2 aromatic carbocycles. The van der Waals surface area contributed by atoms with E-state index in [0.29, 0.717) is 6.61 Å². The van der Waals surface area contributed by atoms with E-state index in [2.05, 4.69) is 4.74 Å². The standard InChI is InChI=1S/C19H19NO6/c1-2-24-19(23)20-17(21)13-26-18(22)15-10-8-14(9-11-15)12-25-16-6-4-3-5-7-16/h3-11H,2,12-13H2,1H3,(H,20,21,23). The molecule has 0 saturated heterocycles. The summed E-state index contributed by atoms with van der Waals surface area (Å²) in [5.74, 6) is -0.673. The average Bonchev–Trinajstić information content (AvgIpc) is 2.66. The Morgan fingerprint density at radius 1 is 0.923 bits per heavy atom. The van der Waals surface area contributed by atoms with Gasteiger partial charge in [0, 0.05) is 0 Å². The van der Waals surface area contributed by atoms with E-state index in [0.717, 1.165) is 11.3 Å². The first-order chi connectivity index (χ1) is 12.6. The van der Waals surface area contributed by atoms with E-state index in [-0.39, 0.29) is 12.2 Å². The predicted octanol–water partition coefficient (Wildman–Crippen LogP) is 2.70. The van der Waals surface area contributed by atoms with E-state index in [1.165, 1.54) is 0 Å². The first-order valence-electron chi connectivity index (χ1n) is 7.99. The lowest BCUT2D eigenvalue weighted by Crippen LogP contribution is -2.34. The van der Waals surface area contributed by atoms with Gasteiger partial charge in [0.25, 0.3) is 5.91 Å². The van der Waals surface area contributed by atoms with Crippen molar-refractivity contribution in [3.8, 4) is 5.75 Å². The van der Waals surface area contributed by atoms with Gasteiger partial charge in [-0.1, -0.05) is 30.3 Å². The van der Waals surface area contributed by atoms with Gasteiger partial charge in [-0.15, -0.1) is 0 Å². The molecule has 0 aliphatic heterocycles. The van der Waals surface area contributed by atoms with Crippen LogP contribution < -0.4 is 10.1 Å². The number of amides is 2. The highest BCUT2D eigenvalue weighted by Gasteiger charge is 2.13. The van der Waals surface area contributed by atoms with Crippen molar-refractivity contribution in [1.29, 1.82) is 0 Å². The molecular weight excluding hydrogens is 338 g/mol. The number of carbonyl (C=O) groups excluding carboxylic acids is 3. The summed E-state index contributed by atoms with van der Waals surface area (Å²) in [4.78, 5) is 34.4. The van der Waals surface area contributed by atoms with Gasteiger partial charge in [0.1, 0.15) is 12.4 Å². The Kier molecular flexibility index (Phi) is 7.17. The smallest absolute Gasteiger partial charge is 0.413 e. The lowest BCUT2D eigenvalue weighted by molar-refractivity contribution is -0.123. The number of imide groups is 1. The summed E-state index contributed by atoms with van der Waals surface area (Å²) in [5.41, 5.74) is 1.17. The Balaban J connectivity index is 1.79. The number of rotatable bonds is 7. The normalized spacial score (nSPS) is 9.88. The molecule has 7 heteroatoms. The monoisotopic (exact) mass is 357 g/mol. The summed E-state index contributed by atoms with van der Waals surface area (Å²) in [6.07, 6.45) is -0.878. The topological polar surface area (TPSA) is 90.9 Å². The maximum absolute atomic E-state index is 11.9. The van der Waals surface area contributed by atoms with Gasteiger partial charge < -0.3 is 14.2 Å². The summed E-state index contributed by atoms with van der Waals surface area (Å²) in [7, 11) is 0. The molecule has 0 heterocycles. The van der Waals surface area contributed by atoms with Crippen LogP contribution in [0.15, 0.2) is 54.6 Å². The van der Waals surface area contributed by atoms with Gasteiger partial charge in [0.05, 0.1) is 12.2 Å². The Morgan fingerprint density at radius 2 is 1.62 bits per heavy atom. The highest BCUT2D eigenvalue weighted by Crippen LogP contribution is 2.12. The van der Waals surface area contributed by atoms with Crippen molar-refractivity contribution in [1.82, 2.24) is 5.32 Å². The molecule has 0 unspecified atom stereocenters. The molecule has 0 saturated carbocycles. The van der Waals surface area contributed by atoms with Gasteiger partial charge in [0.2, 0.25) is 0 Å². The number of benzene rings is 2. The molecule has 0 radical (unpaired) electrons. The van der Waals surface area contributed by atoms with Crippen molar-refractivity contribution in [2.45, 2.75) is 13.5 Å². The van der Waals surface area contributed by atoms with Crippen LogP contribution >= 0.6 is 0 Å². The maximum atomic E-state index is 11.9. The fourth-order valence-electron chi connectivity index (χ4n) is 1.95. The maximum Gasteiger partial charge on any atom is 0.413 e. The Labute approximate surface area is 150 Å². The summed E-state index contributed by atoms with van der Waals surface area (Å²) < 4.78 is 15.0. The van der Waals surface area contributed by atoms with Gasteiger partial charge in [-0.25, -0.2) is 9.59 Å². The average molecular weight is 357 g/mol. The summed E-state index contributed by atoms with van der Waals surface area (Å²) in [6, 6.07) is 16.0. The molecule has 0 spiro atoms. The second-order valence-corrected chi connectivity index (χ2v) is 5.14. The number of esters is 1. The van der Waals surface area contributed by atoms with Crippen molar-refractivity contribution in [2.75, 3.05) is 13.2 Å². The van der Waals surface area contributed by atoms with Crippen LogP contribution in [0, 0.1) is 0 Å². The predicted molar refractivity (Wildman–Crippen MR) is 92.7 cm³/mol. The first-order valence-corrected chi connectivity index (χ1v) is 7.99. The molecule has 0 aliphatic carbocycles. The molecule has 0 atom stereocenters. The fourth-order valence-corrected chi connectivity index (χ4v) is 1.95. The number of nitrogens with one attached hydrogen (secondary N) is 1. The molecular formula is C19H19NO6. The number of hydrogen-bond acceptors (Lipinski definition) is 6. The van der Waals surface area contributed by atoms with E-state index < -0.39 is 24.6 Å². The minimum Gasteiger partial charge on any atom is -0.489 e. The molecule has 0 fully saturated rings. The zero-order valence-corrected chi connectivity index (χ0v) is 14.3. The van der Waals surface area contributed by atoms with Crippen LogP contribution in [0.5, 0.6) is 5.75 Å². The zero-order valence-electron chi connectivity index (χ0n) is 14.3. The van der Waals surface area contributed by atoms with E-state index in [1.54, 1.807) is 31.2 Å². The van der Waals surface area contributed by atoms with Crippen molar-refractivity contribution < 1.29 is 28.6 Å². The third kappa shape index (κ3) is 6.27. The Hall–Kier alpha value is -3.35. The number of ether oxygens (including phenoxy) is 3. The van der Waals surface area contributed by atoms with Crippen LogP contribution in [-0.4, -0.2) is 31.2 Å². The van der Waals surface area contributed by atoms with Gasteiger partial charge in [-0.3, -0.25) is 10.1 Å². The van der Waals surface area contributed by atoms with Gasteiger partial charge >= 0.3 is 12.1 Å². The van der Waals surface area contributed by atoms with Crippen molar-refractivity contribution >= 4 is 18.0 Å². The van der Waals surface area contributed by atoms with E-state index in [9.17, 15) is 14.4 Å². The van der Waals surface area contributed by atoms with E-state index in [1.807, 2.05) is 35.6 Å². The molecule has 2 aromatic rings. The Bertz CT molecular complexity index is 742. The molecule has 7 nitrogen and oxygen atoms in total. The number of para-hydroxylation sites is 1. The van der Waals surface area contributed by atoms with Crippen molar-refractivity contribution in [2.24, 2.45) is 0 Å². The fraction of sp³-hybridized carbons (Fsp3) is 0.211. The molecule has 0 bridgehead atoms. The molecule has 0 aliphatic rings. The van der Waals surface area contributed by atoms with Crippen LogP contribution in [0.3, 0.4) is 0 Å². The van der Waals surface area contributed by atoms with Crippen LogP contribution in [0.1, 0.15) is 22.8 Å². The first kappa shape index (κ1) is 19.0. The Morgan fingerprint density at radius 3 is 2.27 bits per heavy atom. The van der Waals surface area contributed by atoms with E-state index in [4.69, 9.17) is 9.47 Å². The second-order valence-electron chi connectivity index (χ2n) is 5.14.